The van der Waals surface area contributed by atoms with Crippen molar-refractivity contribution in [1.82, 2.24) is 15.0 Å². The Morgan fingerprint density at radius 2 is 2.05 bits per heavy atom. The molecule has 1 aromatic heterocycles. The van der Waals surface area contributed by atoms with Gasteiger partial charge in [-0.3, -0.25) is 4.79 Å². The number of carbonyl (C=O) groups excluding carboxylic acids is 1. The van der Waals surface area contributed by atoms with E-state index >= 15 is 0 Å². The van der Waals surface area contributed by atoms with Gasteiger partial charge in [0.15, 0.2) is 0 Å². The zero-order chi connectivity index (χ0) is 13.8. The van der Waals surface area contributed by atoms with Crippen molar-refractivity contribution in [3.63, 3.8) is 0 Å². The van der Waals surface area contributed by atoms with Gasteiger partial charge in [-0.15, -0.1) is 0 Å². The molecule has 1 unspecified atom stereocenters. The Labute approximate surface area is 110 Å². The van der Waals surface area contributed by atoms with E-state index in [1.165, 1.54) is 4.90 Å². The molecular formula is C12H17N3O4. The Kier molecular flexibility index (Phi) is 4.13. The largest absolute Gasteiger partial charge is 0.480 e. The number of aliphatic carboxylic acids is 1. The Hall–Kier alpha value is -1.92. The van der Waals surface area contributed by atoms with E-state index in [1.54, 1.807) is 6.92 Å². The summed E-state index contributed by atoms with van der Waals surface area (Å²) in [5.41, 5.74) is 0. The lowest BCUT2D eigenvalue weighted by Crippen LogP contribution is -2.46. The van der Waals surface area contributed by atoms with Crippen LogP contribution in [0.1, 0.15) is 48.6 Å². The molecule has 7 heteroatoms. The van der Waals surface area contributed by atoms with Crippen LogP contribution in [0.4, 0.5) is 0 Å². The number of hydrogen-bond acceptors (Lipinski definition) is 5. The minimum atomic E-state index is -0.976. The molecule has 0 bridgehead atoms. The highest BCUT2D eigenvalue weighted by atomic mass is 16.5. The molecule has 1 saturated heterocycles. The maximum Gasteiger partial charge on any atom is 0.326 e. The summed E-state index contributed by atoms with van der Waals surface area (Å²) in [5.74, 6) is -1.21. The number of aryl methyl sites for hydroxylation is 1. The van der Waals surface area contributed by atoms with Crippen molar-refractivity contribution in [2.45, 2.75) is 45.1 Å². The number of nitrogens with zero attached hydrogens (tertiary/aromatic N) is 3. The number of carbonyl (C=O) groups is 2. The zero-order valence-corrected chi connectivity index (χ0v) is 10.8. The van der Waals surface area contributed by atoms with Crippen molar-refractivity contribution >= 4 is 11.9 Å². The van der Waals surface area contributed by atoms with Crippen molar-refractivity contribution in [3.05, 3.63) is 11.7 Å². The van der Waals surface area contributed by atoms with Gasteiger partial charge in [0.1, 0.15) is 6.04 Å². The first kappa shape index (κ1) is 13.5. The quantitative estimate of drug-likeness (QED) is 0.865. The van der Waals surface area contributed by atoms with Gasteiger partial charge in [-0.25, -0.2) is 4.79 Å². The summed E-state index contributed by atoms with van der Waals surface area (Å²) in [4.78, 5) is 28.8. The van der Waals surface area contributed by atoms with Crippen LogP contribution in [0.5, 0.6) is 0 Å². The van der Waals surface area contributed by atoms with Gasteiger partial charge in [0.25, 0.3) is 11.7 Å². The molecule has 2 rings (SSSR count). The summed E-state index contributed by atoms with van der Waals surface area (Å²) in [5, 5.41) is 12.8. The van der Waals surface area contributed by atoms with Gasteiger partial charge in [0.05, 0.1) is 0 Å². The lowest BCUT2D eigenvalue weighted by molar-refractivity contribution is -0.142. The van der Waals surface area contributed by atoms with Crippen LogP contribution in [0.15, 0.2) is 4.52 Å². The van der Waals surface area contributed by atoms with Crippen LogP contribution in [0.2, 0.25) is 0 Å². The van der Waals surface area contributed by atoms with E-state index in [4.69, 9.17) is 4.52 Å². The molecule has 7 nitrogen and oxygen atoms in total. The van der Waals surface area contributed by atoms with E-state index in [0.717, 1.165) is 25.7 Å². The fourth-order valence-corrected chi connectivity index (χ4v) is 2.30. The van der Waals surface area contributed by atoms with E-state index in [2.05, 4.69) is 10.1 Å². The highest BCUT2D eigenvalue weighted by Crippen LogP contribution is 2.18. The summed E-state index contributed by atoms with van der Waals surface area (Å²) >= 11 is 0. The van der Waals surface area contributed by atoms with E-state index < -0.39 is 17.9 Å². The van der Waals surface area contributed by atoms with Crippen LogP contribution in [0.25, 0.3) is 0 Å². The average Bonchev–Trinajstić information content (AvgIpc) is 2.74. The van der Waals surface area contributed by atoms with Crippen LogP contribution in [-0.4, -0.2) is 44.6 Å². The molecule has 1 aromatic rings. The number of hydrogen-bond donors (Lipinski definition) is 1. The van der Waals surface area contributed by atoms with Gasteiger partial charge in [-0.1, -0.05) is 24.4 Å². The minimum absolute atomic E-state index is 0.0654. The van der Waals surface area contributed by atoms with Crippen LogP contribution in [-0.2, 0) is 4.79 Å². The van der Waals surface area contributed by atoms with Gasteiger partial charge >= 0.3 is 5.97 Å². The van der Waals surface area contributed by atoms with Crippen molar-refractivity contribution in [3.8, 4) is 0 Å². The van der Waals surface area contributed by atoms with Crippen LogP contribution in [0, 0.1) is 6.92 Å². The second-order valence-corrected chi connectivity index (χ2v) is 4.69. The molecular weight excluding hydrogens is 250 g/mol. The fourth-order valence-electron chi connectivity index (χ4n) is 2.30. The second kappa shape index (κ2) is 5.81. The number of aromatic nitrogens is 2. The SMILES string of the molecule is Cc1nc(C(=O)N2CCCCCCC2C(=O)O)no1. The van der Waals surface area contributed by atoms with Gasteiger partial charge in [-0.2, -0.15) is 4.98 Å². The normalized spacial score (nSPS) is 20.7. The molecule has 1 aliphatic heterocycles. The Bertz CT molecular complexity index is 471. The van der Waals surface area contributed by atoms with Crippen LogP contribution in [0.3, 0.4) is 0 Å². The minimum Gasteiger partial charge on any atom is -0.480 e. The summed E-state index contributed by atoms with van der Waals surface area (Å²) in [6.45, 7) is 2.01. The molecule has 0 spiro atoms. The molecule has 104 valence electrons. The van der Waals surface area contributed by atoms with E-state index in [-0.39, 0.29) is 5.82 Å². The van der Waals surface area contributed by atoms with E-state index in [0.29, 0.717) is 18.9 Å². The van der Waals surface area contributed by atoms with Crippen molar-refractivity contribution in [2.75, 3.05) is 6.54 Å². The maximum atomic E-state index is 12.3. The summed E-state index contributed by atoms with van der Waals surface area (Å²) in [6, 6.07) is -0.799. The topological polar surface area (TPSA) is 96.5 Å². The van der Waals surface area contributed by atoms with Crippen molar-refractivity contribution in [1.29, 1.82) is 0 Å². The summed E-state index contributed by atoms with van der Waals surface area (Å²) in [7, 11) is 0. The molecule has 1 fully saturated rings. The van der Waals surface area contributed by atoms with Gasteiger partial charge < -0.3 is 14.5 Å². The molecule has 19 heavy (non-hydrogen) atoms. The Morgan fingerprint density at radius 3 is 2.68 bits per heavy atom. The molecule has 2 heterocycles. The Morgan fingerprint density at radius 1 is 1.32 bits per heavy atom. The third-order valence-corrected chi connectivity index (χ3v) is 3.27. The highest BCUT2D eigenvalue weighted by molar-refractivity contribution is 5.93. The van der Waals surface area contributed by atoms with Crippen LogP contribution < -0.4 is 0 Å². The van der Waals surface area contributed by atoms with Crippen molar-refractivity contribution < 1.29 is 19.2 Å². The average molecular weight is 267 g/mol. The van der Waals surface area contributed by atoms with Crippen molar-refractivity contribution in [2.24, 2.45) is 0 Å². The molecule has 0 saturated carbocycles. The smallest absolute Gasteiger partial charge is 0.326 e. The summed E-state index contributed by atoms with van der Waals surface area (Å²) in [6.07, 6.45) is 4.09. The number of rotatable bonds is 2. The second-order valence-electron chi connectivity index (χ2n) is 4.69. The first-order valence-electron chi connectivity index (χ1n) is 6.43. The fraction of sp³-hybridized carbons (Fsp3) is 0.667. The number of carboxylic acid groups (broad SMARTS) is 1. The number of amides is 1. The molecule has 1 amide bonds. The zero-order valence-electron chi connectivity index (χ0n) is 10.8. The first-order valence-corrected chi connectivity index (χ1v) is 6.43. The first-order chi connectivity index (χ1) is 9.09. The summed E-state index contributed by atoms with van der Waals surface area (Å²) < 4.78 is 4.77. The predicted octanol–water partition coefficient (Wildman–Crippen LogP) is 1.24. The molecule has 0 aliphatic carbocycles. The molecule has 0 radical (unpaired) electrons. The van der Waals surface area contributed by atoms with Gasteiger partial charge in [-0.05, 0) is 12.8 Å². The standard InChI is InChI=1S/C12H17N3O4/c1-8-13-10(14-19-8)11(16)15-7-5-3-2-4-6-9(15)12(17)18/h9H,2-7H2,1H3,(H,17,18). The van der Waals surface area contributed by atoms with Gasteiger partial charge in [0, 0.05) is 13.5 Å². The third-order valence-electron chi connectivity index (χ3n) is 3.27. The van der Waals surface area contributed by atoms with Crippen LogP contribution >= 0.6 is 0 Å². The predicted molar refractivity (Wildman–Crippen MR) is 64.6 cm³/mol. The van der Waals surface area contributed by atoms with Gasteiger partial charge in [0.2, 0.25) is 5.89 Å². The Balaban J connectivity index is 2.20. The lowest BCUT2D eigenvalue weighted by atomic mass is 10.0. The third kappa shape index (κ3) is 3.10. The van der Waals surface area contributed by atoms with E-state index in [9.17, 15) is 14.7 Å². The molecule has 0 aromatic carbocycles. The molecule has 1 N–H and O–H groups in total. The highest BCUT2D eigenvalue weighted by Gasteiger charge is 2.32. The lowest BCUT2D eigenvalue weighted by Gasteiger charge is -2.29. The number of likely N-dealkylation sites (tertiary alicyclic amines) is 1. The molecule has 1 aliphatic rings. The number of carboxylic acids is 1. The monoisotopic (exact) mass is 267 g/mol. The maximum absolute atomic E-state index is 12.3. The van der Waals surface area contributed by atoms with E-state index in [1.807, 2.05) is 0 Å². The molecule has 1 atom stereocenters.